The molecule has 34 heavy (non-hydrogen) atoms. The van der Waals surface area contributed by atoms with E-state index >= 15 is 0 Å². The molecule has 0 aromatic rings. The van der Waals surface area contributed by atoms with E-state index in [0.717, 1.165) is 25.7 Å². The quantitative estimate of drug-likeness (QED) is 0.0866. The molecule has 201 valence electrons. The minimum Gasteiger partial charge on any atom is -0.462 e. The van der Waals surface area contributed by atoms with Gasteiger partial charge in [-0.05, 0) is 19.3 Å². The molecule has 0 saturated heterocycles. The maximum atomic E-state index is 12.2. The zero-order chi connectivity index (χ0) is 25.1. The summed E-state index contributed by atoms with van der Waals surface area (Å²) in [4.78, 5) is 23.2. The summed E-state index contributed by atoms with van der Waals surface area (Å²) in [5.41, 5.74) is 0. The van der Waals surface area contributed by atoms with E-state index in [1.165, 1.54) is 116 Å². The van der Waals surface area contributed by atoms with Crippen LogP contribution in [0.4, 0.5) is 0 Å². The number of esters is 1. The molecule has 4 nitrogen and oxygen atoms in total. The lowest BCUT2D eigenvalue weighted by Gasteiger charge is -2.16. The molecule has 0 amide bonds. The van der Waals surface area contributed by atoms with Gasteiger partial charge in [-0.3, -0.25) is 4.79 Å². The van der Waals surface area contributed by atoms with Crippen molar-refractivity contribution < 1.29 is 19.4 Å². The van der Waals surface area contributed by atoms with E-state index in [2.05, 4.69) is 13.8 Å². The monoisotopic (exact) mass is 481 g/mol. The maximum absolute atomic E-state index is 12.2. The van der Waals surface area contributed by atoms with Crippen LogP contribution in [-0.4, -0.2) is 18.0 Å². The Morgan fingerprint density at radius 1 is 0.529 bits per heavy atom. The Bertz CT molecular complexity index is 449. The third kappa shape index (κ3) is 25.6. The van der Waals surface area contributed by atoms with Crippen LogP contribution < -0.4 is 0 Å². The van der Waals surface area contributed by atoms with E-state index in [1.54, 1.807) is 0 Å². The lowest BCUT2D eigenvalue weighted by molar-refractivity contribution is -0.155. The summed E-state index contributed by atoms with van der Waals surface area (Å²) in [6.07, 6.45) is 27.8. The normalized spacial score (nSPS) is 12.1. The fourth-order valence-corrected chi connectivity index (χ4v) is 4.60. The van der Waals surface area contributed by atoms with Gasteiger partial charge in [0.15, 0.2) is 0 Å². The lowest BCUT2D eigenvalue weighted by Crippen LogP contribution is -2.21. The van der Waals surface area contributed by atoms with Crippen LogP contribution in [0, 0.1) is 0 Å². The number of rotatable bonds is 27. The van der Waals surface area contributed by atoms with E-state index in [4.69, 9.17) is 4.74 Å². The number of carbonyl (C=O) groups is 2. The topological polar surface area (TPSA) is 63.3 Å². The van der Waals surface area contributed by atoms with E-state index < -0.39 is 12.1 Å². The molecule has 0 rings (SSSR count). The van der Waals surface area contributed by atoms with Crippen molar-refractivity contribution in [2.75, 3.05) is 0 Å². The van der Waals surface area contributed by atoms with Crippen LogP contribution in [0.15, 0.2) is 0 Å². The van der Waals surface area contributed by atoms with Gasteiger partial charge in [0.05, 0.1) is 6.42 Å². The van der Waals surface area contributed by atoms with Gasteiger partial charge in [-0.2, -0.15) is 0 Å². The molecule has 0 aliphatic rings. The molecule has 0 bridgehead atoms. The molecule has 0 aliphatic heterocycles. The van der Waals surface area contributed by atoms with Crippen molar-refractivity contribution in [3.63, 3.8) is 0 Å². The predicted octanol–water partition coefficient (Wildman–Crippen LogP) is 9.65. The molecule has 1 atom stereocenters. The third-order valence-corrected chi connectivity index (χ3v) is 6.81. The zero-order valence-corrected chi connectivity index (χ0v) is 22.9. The van der Waals surface area contributed by atoms with E-state index in [0.29, 0.717) is 12.8 Å². The molecule has 0 aliphatic carbocycles. The van der Waals surface area contributed by atoms with E-state index in [-0.39, 0.29) is 12.4 Å². The van der Waals surface area contributed by atoms with Gasteiger partial charge in [-0.15, -0.1) is 0 Å². The lowest BCUT2D eigenvalue weighted by atomic mass is 10.0. The second-order valence-corrected chi connectivity index (χ2v) is 10.3. The van der Waals surface area contributed by atoms with Gasteiger partial charge in [-0.1, -0.05) is 142 Å². The number of hydrogen-bond acceptors (Lipinski definition) is 3. The third-order valence-electron chi connectivity index (χ3n) is 6.81. The highest BCUT2D eigenvalue weighted by Gasteiger charge is 2.18. The standard InChI is InChI=1S/C30H57O4/c1-3-5-7-9-11-13-14-15-16-18-20-22-24-26-30(33)34-28(27-29(31)32)25-23-21-19-17-12-10-8-6-4-2/h28H,3-27H2,1-2H3. The Morgan fingerprint density at radius 2 is 0.882 bits per heavy atom. The largest absolute Gasteiger partial charge is 0.462 e. The average Bonchev–Trinajstić information content (AvgIpc) is 2.80. The molecule has 1 radical (unpaired) electrons. The number of unbranched alkanes of at least 4 members (excludes halogenated alkanes) is 20. The SMILES string of the molecule is CCCCCCCCCCCCCCCC(=O)OC(CCCCCCCCCCC)CC([O])=O. The van der Waals surface area contributed by atoms with E-state index in [1.807, 2.05) is 0 Å². The van der Waals surface area contributed by atoms with Crippen molar-refractivity contribution in [3.8, 4) is 0 Å². The Morgan fingerprint density at radius 3 is 1.26 bits per heavy atom. The highest BCUT2D eigenvalue weighted by Crippen LogP contribution is 2.16. The Hall–Kier alpha value is -1.06. The maximum Gasteiger partial charge on any atom is 0.359 e. The summed E-state index contributed by atoms with van der Waals surface area (Å²) in [6.45, 7) is 4.49. The van der Waals surface area contributed by atoms with Crippen LogP contribution in [0.1, 0.15) is 174 Å². The predicted molar refractivity (Wildman–Crippen MR) is 142 cm³/mol. The number of hydrogen-bond donors (Lipinski definition) is 0. The number of carbonyl (C=O) groups excluding carboxylic acids is 2. The zero-order valence-electron chi connectivity index (χ0n) is 22.9. The van der Waals surface area contributed by atoms with Gasteiger partial charge in [0.25, 0.3) is 0 Å². The first-order valence-electron chi connectivity index (χ1n) is 15.0. The van der Waals surface area contributed by atoms with Crippen molar-refractivity contribution in [1.82, 2.24) is 0 Å². The number of ether oxygens (including phenoxy) is 1. The summed E-state index contributed by atoms with van der Waals surface area (Å²) in [5, 5.41) is 11.0. The highest BCUT2D eigenvalue weighted by atomic mass is 16.5. The Kier molecular flexibility index (Phi) is 25.7. The Labute approximate surface area is 212 Å². The first kappa shape index (κ1) is 32.9. The molecule has 4 heteroatoms. The first-order valence-corrected chi connectivity index (χ1v) is 15.0. The highest BCUT2D eigenvalue weighted by molar-refractivity contribution is 5.71. The summed E-state index contributed by atoms with van der Waals surface area (Å²) in [5.74, 6) is -1.38. The second-order valence-electron chi connectivity index (χ2n) is 10.3. The van der Waals surface area contributed by atoms with Crippen molar-refractivity contribution in [3.05, 3.63) is 0 Å². The van der Waals surface area contributed by atoms with Crippen molar-refractivity contribution in [2.24, 2.45) is 0 Å². The fraction of sp³-hybridized carbons (Fsp3) is 0.933. The smallest absolute Gasteiger partial charge is 0.359 e. The van der Waals surface area contributed by atoms with Crippen LogP contribution in [-0.2, 0) is 19.4 Å². The summed E-state index contributed by atoms with van der Waals surface area (Å²) in [7, 11) is 0. The molecule has 0 aromatic heterocycles. The first-order chi connectivity index (χ1) is 16.6. The van der Waals surface area contributed by atoms with Gasteiger partial charge >= 0.3 is 11.9 Å². The molecular weight excluding hydrogens is 424 g/mol. The minimum atomic E-state index is -1.13. The van der Waals surface area contributed by atoms with Crippen LogP contribution >= 0.6 is 0 Å². The summed E-state index contributed by atoms with van der Waals surface area (Å²) >= 11 is 0. The van der Waals surface area contributed by atoms with Crippen LogP contribution in [0.3, 0.4) is 0 Å². The molecule has 0 spiro atoms. The molecule has 0 N–H and O–H groups in total. The van der Waals surface area contributed by atoms with E-state index in [9.17, 15) is 14.7 Å². The fourth-order valence-electron chi connectivity index (χ4n) is 4.60. The second kappa shape index (κ2) is 26.5. The molecule has 0 saturated carbocycles. The molecule has 1 unspecified atom stereocenters. The van der Waals surface area contributed by atoms with Gasteiger partial charge in [0, 0.05) is 6.42 Å². The van der Waals surface area contributed by atoms with Gasteiger partial charge < -0.3 is 4.74 Å². The molecule has 0 heterocycles. The van der Waals surface area contributed by atoms with Crippen molar-refractivity contribution >= 4 is 11.9 Å². The van der Waals surface area contributed by atoms with Crippen molar-refractivity contribution in [1.29, 1.82) is 0 Å². The molecule has 0 fully saturated rings. The van der Waals surface area contributed by atoms with Gasteiger partial charge in [-0.25, -0.2) is 9.90 Å². The minimum absolute atomic E-state index is 0.179. The summed E-state index contributed by atoms with van der Waals surface area (Å²) < 4.78 is 5.48. The average molecular weight is 482 g/mol. The van der Waals surface area contributed by atoms with Gasteiger partial charge in [0.2, 0.25) is 0 Å². The molecule has 0 aromatic carbocycles. The van der Waals surface area contributed by atoms with Crippen LogP contribution in [0.5, 0.6) is 0 Å². The van der Waals surface area contributed by atoms with Crippen LogP contribution in [0.2, 0.25) is 0 Å². The van der Waals surface area contributed by atoms with Crippen LogP contribution in [0.25, 0.3) is 0 Å². The summed E-state index contributed by atoms with van der Waals surface area (Å²) in [6, 6.07) is 0. The molecular formula is C30H57O4. The Balaban J connectivity index is 3.67. The van der Waals surface area contributed by atoms with Gasteiger partial charge in [0.1, 0.15) is 6.10 Å². The van der Waals surface area contributed by atoms with Crippen molar-refractivity contribution in [2.45, 2.75) is 180 Å².